The first kappa shape index (κ1) is 15.7. The molecule has 1 aliphatic heterocycles. The van der Waals surface area contributed by atoms with Gasteiger partial charge < -0.3 is 10.2 Å². The Kier molecular flexibility index (Phi) is 4.17. The molecule has 0 bridgehead atoms. The molecule has 23 heavy (non-hydrogen) atoms. The van der Waals surface area contributed by atoms with E-state index in [0.29, 0.717) is 17.7 Å². The standard InChI is InChI=1S/C17H19NO5/c19-14(10-6-2-1-3-7-10)13(17(22)23)18-15(20)11-8-4-5-9-12(11)16(18)21/h4-5,8-10,13-14,19H,1-3,6-7H2,(H,22,23)/t13?,14-/m1/s1. The van der Waals surface area contributed by atoms with Crippen LogP contribution in [0.5, 0.6) is 0 Å². The van der Waals surface area contributed by atoms with E-state index in [1.165, 1.54) is 12.1 Å². The quantitative estimate of drug-likeness (QED) is 0.824. The first-order valence-corrected chi connectivity index (χ1v) is 7.90. The lowest BCUT2D eigenvalue weighted by atomic mass is 9.82. The molecule has 0 saturated heterocycles. The molecule has 0 spiro atoms. The van der Waals surface area contributed by atoms with Gasteiger partial charge in [-0.3, -0.25) is 14.5 Å². The Labute approximate surface area is 133 Å². The fourth-order valence-electron chi connectivity index (χ4n) is 3.60. The first-order valence-electron chi connectivity index (χ1n) is 7.90. The monoisotopic (exact) mass is 317 g/mol. The number of hydrogen-bond donors (Lipinski definition) is 2. The predicted molar refractivity (Wildman–Crippen MR) is 80.9 cm³/mol. The summed E-state index contributed by atoms with van der Waals surface area (Å²) in [6.07, 6.45) is 3.11. The number of imide groups is 1. The highest BCUT2D eigenvalue weighted by molar-refractivity contribution is 6.22. The minimum absolute atomic E-state index is 0.194. The van der Waals surface area contributed by atoms with Crippen molar-refractivity contribution in [2.24, 2.45) is 5.92 Å². The summed E-state index contributed by atoms with van der Waals surface area (Å²) in [5.74, 6) is -2.84. The van der Waals surface area contributed by atoms with Gasteiger partial charge in [-0.05, 0) is 30.9 Å². The zero-order valence-electron chi connectivity index (χ0n) is 12.6. The summed E-state index contributed by atoms with van der Waals surface area (Å²) in [7, 11) is 0. The van der Waals surface area contributed by atoms with E-state index < -0.39 is 29.9 Å². The number of carbonyl (C=O) groups is 3. The van der Waals surface area contributed by atoms with Crippen molar-refractivity contribution in [3.8, 4) is 0 Å². The van der Waals surface area contributed by atoms with Crippen molar-refractivity contribution >= 4 is 17.8 Å². The van der Waals surface area contributed by atoms with Crippen LogP contribution in [0.25, 0.3) is 0 Å². The number of carbonyl (C=O) groups excluding carboxylic acids is 2. The van der Waals surface area contributed by atoms with Crippen molar-refractivity contribution in [3.63, 3.8) is 0 Å². The lowest BCUT2D eigenvalue weighted by Crippen LogP contribution is -2.54. The molecule has 1 unspecified atom stereocenters. The summed E-state index contributed by atoms with van der Waals surface area (Å²) >= 11 is 0. The van der Waals surface area contributed by atoms with Crippen LogP contribution in [0.1, 0.15) is 52.8 Å². The molecule has 1 fully saturated rings. The summed E-state index contributed by atoms with van der Waals surface area (Å²) in [6.45, 7) is 0. The minimum atomic E-state index is -1.54. The second-order valence-electron chi connectivity index (χ2n) is 6.20. The smallest absolute Gasteiger partial charge is 0.329 e. The molecule has 2 N–H and O–H groups in total. The highest BCUT2D eigenvalue weighted by atomic mass is 16.4. The molecule has 2 aliphatic rings. The molecule has 122 valence electrons. The van der Waals surface area contributed by atoms with Crippen LogP contribution in [0.2, 0.25) is 0 Å². The van der Waals surface area contributed by atoms with Crippen molar-refractivity contribution in [3.05, 3.63) is 35.4 Å². The molecular formula is C17H19NO5. The molecule has 6 heteroatoms. The summed E-state index contributed by atoms with van der Waals surface area (Å²) in [4.78, 5) is 37.4. The van der Waals surface area contributed by atoms with Crippen LogP contribution in [-0.4, -0.2) is 45.0 Å². The Balaban J connectivity index is 1.92. The van der Waals surface area contributed by atoms with Crippen LogP contribution < -0.4 is 0 Å². The van der Waals surface area contributed by atoms with Crippen LogP contribution in [0, 0.1) is 5.92 Å². The zero-order valence-corrected chi connectivity index (χ0v) is 12.6. The first-order chi connectivity index (χ1) is 11.0. The average molecular weight is 317 g/mol. The Bertz CT molecular complexity index is 615. The van der Waals surface area contributed by atoms with Gasteiger partial charge in [0.25, 0.3) is 11.8 Å². The van der Waals surface area contributed by atoms with Gasteiger partial charge in [0.05, 0.1) is 17.2 Å². The number of hydrogen-bond acceptors (Lipinski definition) is 4. The Hall–Kier alpha value is -2.21. The number of aliphatic hydroxyl groups is 1. The van der Waals surface area contributed by atoms with Gasteiger partial charge in [-0.2, -0.15) is 0 Å². The number of fused-ring (bicyclic) bond motifs is 1. The van der Waals surface area contributed by atoms with Crippen LogP contribution in [0.4, 0.5) is 0 Å². The van der Waals surface area contributed by atoms with Gasteiger partial charge in [0, 0.05) is 0 Å². The number of nitrogens with zero attached hydrogens (tertiary/aromatic N) is 1. The molecule has 0 radical (unpaired) electrons. The topological polar surface area (TPSA) is 94.9 Å². The van der Waals surface area contributed by atoms with E-state index in [0.717, 1.165) is 19.3 Å². The van der Waals surface area contributed by atoms with E-state index in [1.807, 2.05) is 0 Å². The van der Waals surface area contributed by atoms with E-state index in [-0.39, 0.29) is 17.0 Å². The SMILES string of the molecule is O=C(O)C([C@H](O)C1CCCCC1)N1C(=O)c2ccccc2C1=O. The van der Waals surface area contributed by atoms with E-state index in [1.54, 1.807) is 12.1 Å². The molecule has 6 nitrogen and oxygen atoms in total. The highest BCUT2D eigenvalue weighted by Crippen LogP contribution is 2.32. The third kappa shape index (κ3) is 2.63. The Morgan fingerprint density at radius 1 is 1.04 bits per heavy atom. The maximum Gasteiger partial charge on any atom is 0.329 e. The van der Waals surface area contributed by atoms with Crippen LogP contribution in [-0.2, 0) is 4.79 Å². The summed E-state index contributed by atoms with van der Waals surface area (Å²) < 4.78 is 0. The second-order valence-corrected chi connectivity index (χ2v) is 6.20. The van der Waals surface area contributed by atoms with E-state index in [9.17, 15) is 24.6 Å². The molecule has 1 aromatic rings. The fourth-order valence-corrected chi connectivity index (χ4v) is 3.60. The van der Waals surface area contributed by atoms with Gasteiger partial charge >= 0.3 is 5.97 Å². The van der Waals surface area contributed by atoms with Crippen molar-refractivity contribution in [2.45, 2.75) is 44.2 Å². The lowest BCUT2D eigenvalue weighted by molar-refractivity contribution is -0.147. The number of carboxylic acids is 1. The maximum absolute atomic E-state index is 12.5. The second kappa shape index (κ2) is 6.12. The van der Waals surface area contributed by atoms with Crippen molar-refractivity contribution in [1.29, 1.82) is 0 Å². The van der Waals surface area contributed by atoms with E-state index in [4.69, 9.17) is 0 Å². The number of amides is 2. The predicted octanol–water partition coefficient (Wildman–Crippen LogP) is 1.68. The normalized spacial score (nSPS) is 21.2. The fraction of sp³-hybridized carbons (Fsp3) is 0.471. The lowest BCUT2D eigenvalue weighted by Gasteiger charge is -2.33. The molecule has 1 heterocycles. The molecule has 1 aromatic carbocycles. The van der Waals surface area contributed by atoms with Gasteiger partial charge in [0.15, 0.2) is 6.04 Å². The molecule has 2 atom stereocenters. The summed E-state index contributed by atoms with van der Waals surface area (Å²) in [6, 6.07) is 4.72. The van der Waals surface area contributed by atoms with Crippen LogP contribution in [0.15, 0.2) is 24.3 Å². The van der Waals surface area contributed by atoms with Crippen LogP contribution >= 0.6 is 0 Å². The molecule has 0 aromatic heterocycles. The molecule has 3 rings (SSSR count). The number of aliphatic carboxylic acids is 1. The summed E-state index contributed by atoms with van der Waals surface area (Å²) in [5, 5.41) is 20.1. The van der Waals surface area contributed by atoms with E-state index in [2.05, 4.69) is 0 Å². The average Bonchev–Trinajstić information content (AvgIpc) is 2.81. The molecule has 1 saturated carbocycles. The van der Waals surface area contributed by atoms with Gasteiger partial charge in [0.2, 0.25) is 0 Å². The number of carboxylic acid groups (broad SMARTS) is 1. The highest BCUT2D eigenvalue weighted by Gasteiger charge is 2.47. The van der Waals surface area contributed by atoms with Gasteiger partial charge in [-0.15, -0.1) is 0 Å². The van der Waals surface area contributed by atoms with Crippen molar-refractivity contribution in [1.82, 2.24) is 4.90 Å². The number of rotatable bonds is 4. The number of aliphatic hydroxyl groups excluding tert-OH is 1. The van der Waals surface area contributed by atoms with Crippen molar-refractivity contribution in [2.75, 3.05) is 0 Å². The molecular weight excluding hydrogens is 298 g/mol. The number of benzene rings is 1. The minimum Gasteiger partial charge on any atom is -0.480 e. The molecule has 1 aliphatic carbocycles. The Morgan fingerprint density at radius 3 is 2.04 bits per heavy atom. The largest absolute Gasteiger partial charge is 0.480 e. The van der Waals surface area contributed by atoms with Crippen LogP contribution in [0.3, 0.4) is 0 Å². The maximum atomic E-state index is 12.5. The van der Waals surface area contributed by atoms with Gasteiger partial charge in [0.1, 0.15) is 0 Å². The van der Waals surface area contributed by atoms with Gasteiger partial charge in [-0.1, -0.05) is 31.4 Å². The zero-order chi connectivity index (χ0) is 16.6. The van der Waals surface area contributed by atoms with E-state index >= 15 is 0 Å². The van der Waals surface area contributed by atoms with Gasteiger partial charge in [-0.25, -0.2) is 4.79 Å². The third-order valence-corrected chi connectivity index (χ3v) is 4.81. The molecule has 2 amide bonds. The summed E-state index contributed by atoms with van der Waals surface area (Å²) in [5.41, 5.74) is 0.388. The third-order valence-electron chi connectivity index (χ3n) is 4.81. The van der Waals surface area contributed by atoms with Crippen molar-refractivity contribution < 1.29 is 24.6 Å². The Morgan fingerprint density at radius 2 is 1.57 bits per heavy atom.